The van der Waals surface area contributed by atoms with E-state index in [-0.39, 0.29) is 5.41 Å². The first-order chi connectivity index (χ1) is 23.1. The first kappa shape index (κ1) is 26.9. The molecular formula is C45H31NS. The van der Waals surface area contributed by atoms with E-state index in [9.17, 15) is 0 Å². The van der Waals surface area contributed by atoms with Crippen LogP contribution in [0.4, 0.5) is 17.1 Å². The zero-order chi connectivity index (χ0) is 31.3. The van der Waals surface area contributed by atoms with E-state index in [2.05, 4.69) is 170 Å². The van der Waals surface area contributed by atoms with Crippen LogP contribution in [-0.4, -0.2) is 0 Å². The van der Waals surface area contributed by atoms with Crippen molar-refractivity contribution in [2.24, 2.45) is 0 Å². The average Bonchev–Trinajstić information content (AvgIpc) is 3.35. The predicted molar refractivity (Wildman–Crippen MR) is 201 cm³/mol. The van der Waals surface area contributed by atoms with Crippen LogP contribution in [0.2, 0.25) is 0 Å². The monoisotopic (exact) mass is 617 g/mol. The molecule has 1 heterocycles. The van der Waals surface area contributed by atoms with Gasteiger partial charge in [0.1, 0.15) is 0 Å². The highest BCUT2D eigenvalue weighted by atomic mass is 32.2. The second-order valence-corrected chi connectivity index (χ2v) is 14.3. The summed E-state index contributed by atoms with van der Waals surface area (Å²) in [4.78, 5) is 5.06. The lowest BCUT2D eigenvalue weighted by molar-refractivity contribution is 0.661. The highest BCUT2D eigenvalue weighted by Crippen LogP contribution is 2.57. The van der Waals surface area contributed by atoms with Crippen LogP contribution in [0.25, 0.3) is 54.6 Å². The fourth-order valence-electron chi connectivity index (χ4n) is 8.34. The quantitative estimate of drug-likeness (QED) is 0.178. The topological polar surface area (TPSA) is 3.24 Å². The summed E-state index contributed by atoms with van der Waals surface area (Å²) in [6.07, 6.45) is 0. The Bertz CT molecular complexity index is 2490. The first-order valence-corrected chi connectivity index (χ1v) is 17.2. The lowest BCUT2D eigenvalue weighted by atomic mass is 9.79. The van der Waals surface area contributed by atoms with Gasteiger partial charge in [0.05, 0.1) is 17.1 Å². The molecule has 0 N–H and O–H groups in total. The van der Waals surface area contributed by atoms with Crippen LogP contribution in [0.1, 0.15) is 25.0 Å². The van der Waals surface area contributed by atoms with Crippen LogP contribution in [-0.2, 0) is 5.41 Å². The van der Waals surface area contributed by atoms with E-state index in [4.69, 9.17) is 0 Å². The lowest BCUT2D eigenvalue weighted by Gasteiger charge is -2.35. The minimum Gasteiger partial charge on any atom is -0.307 e. The SMILES string of the molecule is CC1(C)c2ccccc2-c2c1cc(-c1c3ccccc3c(N3c4ccccc4Sc4ccccc43)c3ccccc13)c1ccccc21. The van der Waals surface area contributed by atoms with Crippen molar-refractivity contribution >= 4 is 61.1 Å². The maximum absolute atomic E-state index is 2.52. The number of benzene rings is 8. The highest BCUT2D eigenvalue weighted by molar-refractivity contribution is 7.99. The zero-order valence-electron chi connectivity index (χ0n) is 26.3. The van der Waals surface area contributed by atoms with Gasteiger partial charge in [-0.15, -0.1) is 0 Å². The summed E-state index contributed by atoms with van der Waals surface area (Å²) >= 11 is 1.86. The molecule has 222 valence electrons. The standard InChI is InChI=1S/C45H31NS/c1-45(2)36-22-10-9-21-34(36)43-29-16-4-3-15-28(29)35(27-37(43)45)42-30-17-5-7-19-32(30)44(33-20-8-6-18-31(33)42)46-38-23-11-13-25-40(38)47-41-26-14-12-24-39(41)46/h3-27H,1-2H3. The van der Waals surface area contributed by atoms with Gasteiger partial charge in [-0.3, -0.25) is 0 Å². The highest BCUT2D eigenvalue weighted by Gasteiger charge is 2.37. The molecule has 0 radical (unpaired) electrons. The predicted octanol–water partition coefficient (Wildman–Crippen LogP) is 13.1. The number of fused-ring (bicyclic) bond motifs is 9. The van der Waals surface area contributed by atoms with Crippen molar-refractivity contribution in [3.8, 4) is 22.3 Å². The van der Waals surface area contributed by atoms with E-state index in [0.717, 1.165) is 0 Å². The van der Waals surface area contributed by atoms with Crippen LogP contribution in [0.3, 0.4) is 0 Å². The second-order valence-electron chi connectivity index (χ2n) is 13.3. The Morgan fingerprint density at radius 2 is 0.894 bits per heavy atom. The van der Waals surface area contributed by atoms with Crippen LogP contribution < -0.4 is 4.90 Å². The summed E-state index contributed by atoms with van der Waals surface area (Å²) in [5, 5.41) is 7.67. The number of rotatable bonds is 2. The molecule has 1 aliphatic carbocycles. The second kappa shape index (κ2) is 9.84. The summed E-state index contributed by atoms with van der Waals surface area (Å²) < 4.78 is 0. The van der Waals surface area contributed by atoms with Crippen LogP contribution >= 0.6 is 11.8 Å². The van der Waals surface area contributed by atoms with Gasteiger partial charge in [-0.05, 0) is 85.3 Å². The van der Waals surface area contributed by atoms with Gasteiger partial charge in [-0.1, -0.05) is 147 Å². The summed E-state index contributed by atoms with van der Waals surface area (Å²) in [6.45, 7) is 4.78. The van der Waals surface area contributed by atoms with Crippen molar-refractivity contribution in [1.29, 1.82) is 0 Å². The largest absolute Gasteiger partial charge is 0.307 e. The normalized spacial score (nSPS) is 14.2. The molecule has 2 aliphatic rings. The van der Waals surface area contributed by atoms with Crippen molar-refractivity contribution in [3.05, 3.63) is 163 Å². The molecule has 0 aromatic heterocycles. The third-order valence-corrected chi connectivity index (χ3v) is 11.5. The Morgan fingerprint density at radius 1 is 0.426 bits per heavy atom. The first-order valence-electron chi connectivity index (χ1n) is 16.4. The Hall–Kier alpha value is -5.31. The Balaban J connectivity index is 1.35. The molecule has 8 aromatic rings. The Morgan fingerprint density at radius 3 is 1.51 bits per heavy atom. The Kier molecular flexibility index (Phi) is 5.63. The smallest absolute Gasteiger partial charge is 0.0619 e. The van der Waals surface area contributed by atoms with E-state index in [1.807, 2.05) is 11.8 Å². The summed E-state index contributed by atoms with van der Waals surface area (Å²) in [7, 11) is 0. The molecule has 0 saturated carbocycles. The number of nitrogens with zero attached hydrogens (tertiary/aromatic N) is 1. The zero-order valence-corrected chi connectivity index (χ0v) is 27.1. The number of hydrogen-bond donors (Lipinski definition) is 0. The molecule has 0 atom stereocenters. The van der Waals surface area contributed by atoms with Crippen molar-refractivity contribution in [3.63, 3.8) is 0 Å². The van der Waals surface area contributed by atoms with Gasteiger partial charge in [-0.2, -0.15) is 0 Å². The van der Waals surface area contributed by atoms with E-state index >= 15 is 0 Å². The fourth-order valence-corrected chi connectivity index (χ4v) is 9.40. The van der Waals surface area contributed by atoms with Gasteiger partial charge in [0.25, 0.3) is 0 Å². The maximum Gasteiger partial charge on any atom is 0.0619 e. The van der Waals surface area contributed by atoms with Gasteiger partial charge in [0.15, 0.2) is 0 Å². The van der Waals surface area contributed by atoms with Gasteiger partial charge >= 0.3 is 0 Å². The molecule has 1 aliphatic heterocycles. The van der Waals surface area contributed by atoms with E-state index in [0.29, 0.717) is 0 Å². The summed E-state index contributed by atoms with van der Waals surface area (Å²) in [5.41, 5.74) is 11.7. The third-order valence-electron chi connectivity index (χ3n) is 10.4. The van der Waals surface area contributed by atoms with E-state index in [1.54, 1.807) is 0 Å². The molecule has 0 bridgehead atoms. The third kappa shape index (κ3) is 3.68. The van der Waals surface area contributed by atoms with Crippen LogP contribution in [0.5, 0.6) is 0 Å². The molecule has 0 fully saturated rings. The van der Waals surface area contributed by atoms with Crippen molar-refractivity contribution < 1.29 is 0 Å². The minimum atomic E-state index is -0.102. The maximum atomic E-state index is 2.52. The molecule has 0 spiro atoms. The fraction of sp³-hybridized carbons (Fsp3) is 0.0667. The van der Waals surface area contributed by atoms with Gasteiger partial charge in [0, 0.05) is 26.0 Å². The molecule has 0 amide bonds. The van der Waals surface area contributed by atoms with Crippen molar-refractivity contribution in [1.82, 2.24) is 0 Å². The lowest BCUT2D eigenvalue weighted by Crippen LogP contribution is -2.16. The van der Waals surface area contributed by atoms with Crippen LogP contribution in [0.15, 0.2) is 161 Å². The summed E-state index contributed by atoms with van der Waals surface area (Å²) in [6, 6.07) is 56.3. The molecule has 0 unspecified atom stereocenters. The molecule has 47 heavy (non-hydrogen) atoms. The van der Waals surface area contributed by atoms with Crippen LogP contribution in [0, 0.1) is 0 Å². The van der Waals surface area contributed by atoms with Crippen molar-refractivity contribution in [2.45, 2.75) is 29.1 Å². The molecule has 2 heteroatoms. The minimum absolute atomic E-state index is 0.102. The van der Waals surface area contributed by atoms with Gasteiger partial charge in [0.2, 0.25) is 0 Å². The molecule has 10 rings (SSSR count). The van der Waals surface area contributed by atoms with E-state index < -0.39 is 0 Å². The molecular weight excluding hydrogens is 587 g/mol. The average molecular weight is 618 g/mol. The van der Waals surface area contributed by atoms with Gasteiger partial charge < -0.3 is 4.90 Å². The number of hydrogen-bond acceptors (Lipinski definition) is 2. The molecule has 1 nitrogen and oxygen atoms in total. The van der Waals surface area contributed by atoms with Crippen molar-refractivity contribution in [2.75, 3.05) is 4.90 Å². The van der Waals surface area contributed by atoms with E-state index in [1.165, 1.54) is 92.6 Å². The molecule has 0 saturated heterocycles. The Labute approximate surface area is 279 Å². The van der Waals surface area contributed by atoms with Gasteiger partial charge in [-0.25, -0.2) is 0 Å². The number of anilines is 3. The molecule has 8 aromatic carbocycles. The number of para-hydroxylation sites is 2. The summed E-state index contributed by atoms with van der Waals surface area (Å²) in [5.74, 6) is 0.